The second kappa shape index (κ2) is 6.10. The van der Waals surface area contributed by atoms with Gasteiger partial charge in [-0.3, -0.25) is 4.79 Å². The Labute approximate surface area is 152 Å². The van der Waals surface area contributed by atoms with Crippen LogP contribution in [0.15, 0.2) is 16.9 Å². The van der Waals surface area contributed by atoms with Gasteiger partial charge in [-0.25, -0.2) is 4.98 Å². The highest BCUT2D eigenvalue weighted by Crippen LogP contribution is 2.54. The smallest absolute Gasteiger partial charge is 0.268 e. The average Bonchev–Trinajstić information content (AvgIpc) is 3.39. The maximum Gasteiger partial charge on any atom is 0.268 e. The van der Waals surface area contributed by atoms with Gasteiger partial charge in [0.05, 0.1) is 23.0 Å². The number of fused-ring (bicyclic) bond motifs is 1. The van der Waals surface area contributed by atoms with E-state index in [4.69, 9.17) is 0 Å². The van der Waals surface area contributed by atoms with Crippen LogP contribution in [0.2, 0.25) is 0 Å². The molecule has 2 aliphatic rings. The molecule has 6 heteroatoms. The number of anilines is 1. The number of rotatable bonds is 3. The van der Waals surface area contributed by atoms with E-state index in [1.807, 2.05) is 13.8 Å². The number of H-pyrrole nitrogens is 1. The van der Waals surface area contributed by atoms with Crippen molar-refractivity contribution in [3.8, 4) is 6.07 Å². The molecule has 1 saturated carbocycles. The minimum absolute atomic E-state index is 0.0336. The molecule has 2 fully saturated rings. The molecule has 0 bridgehead atoms. The summed E-state index contributed by atoms with van der Waals surface area (Å²) in [4.78, 5) is 22.0. The van der Waals surface area contributed by atoms with Crippen LogP contribution in [-0.4, -0.2) is 28.2 Å². The summed E-state index contributed by atoms with van der Waals surface area (Å²) in [7, 11) is 0. The van der Waals surface area contributed by atoms with Gasteiger partial charge in [-0.2, -0.15) is 5.26 Å². The van der Waals surface area contributed by atoms with Crippen molar-refractivity contribution in [2.24, 2.45) is 11.3 Å². The minimum atomic E-state index is -0.680. The number of nitrogens with one attached hydrogen (secondary N) is 1. The van der Waals surface area contributed by atoms with Gasteiger partial charge in [0.2, 0.25) is 0 Å². The molecule has 6 nitrogen and oxygen atoms in total. The summed E-state index contributed by atoms with van der Waals surface area (Å²) in [5.41, 5.74) is 2.65. The molecule has 1 spiro atoms. The van der Waals surface area contributed by atoms with Gasteiger partial charge >= 0.3 is 0 Å². The van der Waals surface area contributed by atoms with Crippen molar-refractivity contribution in [1.29, 1.82) is 5.26 Å². The van der Waals surface area contributed by atoms with Crippen LogP contribution in [-0.2, 0) is 0 Å². The summed E-state index contributed by atoms with van der Waals surface area (Å²) >= 11 is 0. The molecule has 1 atom stereocenters. The lowest BCUT2D eigenvalue weighted by molar-refractivity contribution is 0.123. The van der Waals surface area contributed by atoms with Gasteiger partial charge in [0.1, 0.15) is 17.1 Å². The maximum atomic E-state index is 12.4. The molecule has 0 aromatic carbocycles. The van der Waals surface area contributed by atoms with Gasteiger partial charge in [0.25, 0.3) is 5.56 Å². The van der Waals surface area contributed by atoms with E-state index in [-0.39, 0.29) is 17.0 Å². The van der Waals surface area contributed by atoms with E-state index in [1.165, 1.54) is 12.8 Å². The fourth-order valence-electron chi connectivity index (χ4n) is 3.97. The average molecular weight is 352 g/mol. The lowest BCUT2D eigenvalue weighted by Crippen LogP contribution is -2.36. The largest absolute Gasteiger partial charge is 0.387 e. The van der Waals surface area contributed by atoms with Gasteiger partial charge < -0.3 is 15.0 Å². The lowest BCUT2D eigenvalue weighted by atomic mass is 9.93. The lowest BCUT2D eigenvalue weighted by Gasteiger charge is -2.34. The number of hydrogen-bond acceptors (Lipinski definition) is 5. The number of aromatic amines is 1. The molecule has 1 aliphatic carbocycles. The van der Waals surface area contributed by atoms with Crippen molar-refractivity contribution in [2.45, 2.75) is 45.6 Å². The molecule has 2 aromatic heterocycles. The standard InChI is InChI=1S/C20H24N4O2/c1-12(2)18(25)15-4-3-14-16(22-15)17(13(11-21)19(26)23-14)24-9-7-20(5-6-20)8-10-24/h3-4,12,18,25H,5-10H2,1-2H3,(H,23,26). The molecule has 3 heterocycles. The van der Waals surface area contributed by atoms with Crippen molar-refractivity contribution in [2.75, 3.05) is 18.0 Å². The van der Waals surface area contributed by atoms with Crippen LogP contribution in [0.5, 0.6) is 0 Å². The Morgan fingerprint density at radius 2 is 1.96 bits per heavy atom. The molecule has 0 amide bonds. The van der Waals surface area contributed by atoms with E-state index >= 15 is 0 Å². The Bertz CT molecular complexity index is 943. The first-order valence-corrected chi connectivity index (χ1v) is 9.34. The first kappa shape index (κ1) is 17.0. The van der Waals surface area contributed by atoms with Crippen LogP contribution in [0.3, 0.4) is 0 Å². The van der Waals surface area contributed by atoms with Gasteiger partial charge in [-0.05, 0) is 49.1 Å². The van der Waals surface area contributed by atoms with Gasteiger partial charge in [0, 0.05) is 13.1 Å². The normalized spacial score (nSPS) is 19.7. The molecular formula is C20H24N4O2. The molecule has 1 saturated heterocycles. The summed E-state index contributed by atoms with van der Waals surface area (Å²) in [6.45, 7) is 5.55. The number of piperidine rings is 1. The second-order valence-corrected chi connectivity index (χ2v) is 8.10. The number of nitriles is 1. The van der Waals surface area contributed by atoms with Crippen LogP contribution in [0, 0.1) is 22.7 Å². The van der Waals surface area contributed by atoms with Crippen LogP contribution in [0.25, 0.3) is 11.0 Å². The molecule has 2 N–H and O–H groups in total. The molecule has 0 radical (unpaired) electrons. The highest BCUT2D eigenvalue weighted by Gasteiger charge is 2.45. The van der Waals surface area contributed by atoms with E-state index in [2.05, 4.69) is 20.9 Å². The van der Waals surface area contributed by atoms with Crippen molar-refractivity contribution in [3.05, 3.63) is 33.7 Å². The minimum Gasteiger partial charge on any atom is -0.387 e. The van der Waals surface area contributed by atoms with Crippen LogP contribution in [0.4, 0.5) is 5.69 Å². The summed E-state index contributed by atoms with van der Waals surface area (Å²) in [6.07, 6.45) is 4.11. The number of aliphatic hydroxyl groups excluding tert-OH is 1. The zero-order valence-electron chi connectivity index (χ0n) is 15.2. The zero-order chi connectivity index (χ0) is 18.5. The third-order valence-electron chi connectivity index (χ3n) is 6.00. The monoisotopic (exact) mass is 352 g/mol. The van der Waals surface area contributed by atoms with Gasteiger partial charge in [-0.15, -0.1) is 0 Å². The number of hydrogen-bond donors (Lipinski definition) is 2. The number of aromatic nitrogens is 2. The van der Waals surface area contributed by atoms with Gasteiger partial charge in [-0.1, -0.05) is 13.8 Å². The zero-order valence-corrected chi connectivity index (χ0v) is 15.2. The molecule has 1 unspecified atom stereocenters. The predicted octanol–water partition coefficient (Wildman–Crippen LogP) is 2.86. The molecule has 2 aromatic rings. The molecule has 26 heavy (non-hydrogen) atoms. The van der Waals surface area contributed by atoms with E-state index in [0.717, 1.165) is 25.9 Å². The first-order chi connectivity index (χ1) is 12.4. The molecular weight excluding hydrogens is 328 g/mol. The van der Waals surface area contributed by atoms with Crippen molar-refractivity contribution in [1.82, 2.24) is 9.97 Å². The van der Waals surface area contributed by atoms with E-state index in [0.29, 0.717) is 27.8 Å². The Kier molecular flexibility index (Phi) is 4.00. The number of pyridine rings is 2. The highest BCUT2D eigenvalue weighted by molar-refractivity contribution is 5.91. The Balaban J connectivity index is 1.85. The Hall–Kier alpha value is -2.39. The Morgan fingerprint density at radius 1 is 1.27 bits per heavy atom. The number of nitrogens with zero attached hydrogens (tertiary/aromatic N) is 3. The topological polar surface area (TPSA) is 93.0 Å². The maximum absolute atomic E-state index is 12.4. The SMILES string of the molecule is CC(C)C(O)c1ccc2[nH]c(=O)c(C#N)c(N3CCC4(CC3)CC4)c2n1. The quantitative estimate of drug-likeness (QED) is 0.886. The molecule has 1 aliphatic heterocycles. The van der Waals surface area contributed by atoms with Crippen molar-refractivity contribution < 1.29 is 5.11 Å². The molecule has 136 valence electrons. The third-order valence-corrected chi connectivity index (χ3v) is 6.00. The van der Waals surface area contributed by atoms with Crippen molar-refractivity contribution in [3.63, 3.8) is 0 Å². The van der Waals surface area contributed by atoms with E-state index in [1.54, 1.807) is 12.1 Å². The van der Waals surface area contributed by atoms with E-state index in [9.17, 15) is 15.2 Å². The van der Waals surface area contributed by atoms with Gasteiger partial charge in [0.15, 0.2) is 0 Å². The summed E-state index contributed by atoms with van der Waals surface area (Å²) in [5, 5.41) is 20.0. The van der Waals surface area contributed by atoms with Crippen molar-refractivity contribution >= 4 is 16.7 Å². The second-order valence-electron chi connectivity index (χ2n) is 8.10. The van der Waals surface area contributed by atoms with Crippen LogP contribution < -0.4 is 10.5 Å². The Morgan fingerprint density at radius 3 is 2.54 bits per heavy atom. The fourth-order valence-corrected chi connectivity index (χ4v) is 3.97. The predicted molar refractivity (Wildman–Crippen MR) is 100.0 cm³/mol. The van der Waals surface area contributed by atoms with Crippen LogP contribution >= 0.6 is 0 Å². The summed E-state index contributed by atoms with van der Waals surface area (Å²) < 4.78 is 0. The fraction of sp³-hybridized carbons (Fsp3) is 0.550. The summed E-state index contributed by atoms with van der Waals surface area (Å²) in [6, 6.07) is 5.60. The first-order valence-electron chi connectivity index (χ1n) is 9.34. The highest BCUT2D eigenvalue weighted by atomic mass is 16.3. The van der Waals surface area contributed by atoms with Crippen LogP contribution in [0.1, 0.15) is 56.9 Å². The van der Waals surface area contributed by atoms with E-state index < -0.39 is 6.10 Å². The molecule has 4 rings (SSSR count). The third kappa shape index (κ3) is 2.77. The number of aliphatic hydroxyl groups is 1. The summed E-state index contributed by atoms with van der Waals surface area (Å²) in [5.74, 6) is 0.0336.